The molecule has 0 spiro atoms. The average molecular weight is 335 g/mol. The van der Waals surface area contributed by atoms with Crippen molar-refractivity contribution in [3.05, 3.63) is 44.3 Å². The molecule has 1 aliphatic carbocycles. The first-order valence-corrected chi connectivity index (χ1v) is 9.56. The van der Waals surface area contributed by atoms with E-state index in [4.69, 9.17) is 0 Å². The number of rotatable bonds is 5. The van der Waals surface area contributed by atoms with Crippen LogP contribution >= 0.6 is 22.7 Å². The van der Waals surface area contributed by atoms with Crippen LogP contribution in [0.5, 0.6) is 0 Å². The van der Waals surface area contributed by atoms with E-state index in [1.54, 1.807) is 22.7 Å². The smallest absolute Gasteiger partial charge is 0.223 e. The van der Waals surface area contributed by atoms with Gasteiger partial charge in [-0.15, -0.1) is 11.3 Å². The van der Waals surface area contributed by atoms with Crippen molar-refractivity contribution in [2.24, 2.45) is 5.92 Å². The number of aliphatic hydroxyl groups is 1. The monoisotopic (exact) mass is 335 g/mol. The van der Waals surface area contributed by atoms with Gasteiger partial charge in [0.1, 0.15) is 6.10 Å². The summed E-state index contributed by atoms with van der Waals surface area (Å²) in [4.78, 5) is 14.2. The Balaban J connectivity index is 1.54. The summed E-state index contributed by atoms with van der Waals surface area (Å²) in [6, 6.07) is 5.89. The molecule has 5 heteroatoms. The summed E-state index contributed by atoms with van der Waals surface area (Å²) < 4.78 is 0. The molecule has 1 amide bonds. The highest BCUT2D eigenvalue weighted by molar-refractivity contribution is 7.12. The van der Waals surface area contributed by atoms with Crippen LogP contribution in [0.3, 0.4) is 0 Å². The third-order valence-electron chi connectivity index (χ3n) is 4.22. The Morgan fingerprint density at radius 3 is 2.82 bits per heavy atom. The second kappa shape index (κ2) is 7.40. The first kappa shape index (κ1) is 15.7. The summed E-state index contributed by atoms with van der Waals surface area (Å²) in [6.45, 7) is 0.566. The van der Waals surface area contributed by atoms with Gasteiger partial charge in [-0.05, 0) is 47.4 Å². The van der Waals surface area contributed by atoms with Crippen LogP contribution < -0.4 is 5.32 Å². The van der Waals surface area contributed by atoms with Crippen LogP contribution in [0.2, 0.25) is 0 Å². The SMILES string of the molecule is O=C(NCc1ccc(C(O)c2ccsc2)s1)C1CCCCC1. The van der Waals surface area contributed by atoms with E-state index in [1.165, 1.54) is 19.3 Å². The highest BCUT2D eigenvalue weighted by Crippen LogP contribution is 2.30. The van der Waals surface area contributed by atoms with E-state index < -0.39 is 6.10 Å². The zero-order chi connectivity index (χ0) is 15.4. The molecule has 2 aromatic heterocycles. The number of amides is 1. The molecule has 0 bridgehead atoms. The number of carbonyl (C=O) groups excluding carboxylic acids is 1. The van der Waals surface area contributed by atoms with Crippen molar-refractivity contribution >= 4 is 28.6 Å². The maximum absolute atomic E-state index is 12.1. The second-order valence-corrected chi connectivity index (χ2v) is 7.80. The Bertz CT molecular complexity index is 600. The maximum Gasteiger partial charge on any atom is 0.223 e. The van der Waals surface area contributed by atoms with Crippen molar-refractivity contribution in [3.8, 4) is 0 Å². The van der Waals surface area contributed by atoms with Gasteiger partial charge in [0, 0.05) is 15.7 Å². The van der Waals surface area contributed by atoms with Crippen molar-refractivity contribution in [1.82, 2.24) is 5.32 Å². The lowest BCUT2D eigenvalue weighted by atomic mass is 9.89. The zero-order valence-electron chi connectivity index (χ0n) is 12.5. The number of nitrogens with one attached hydrogen (secondary N) is 1. The normalized spacial score (nSPS) is 17.3. The molecular formula is C17H21NO2S2. The molecule has 0 aliphatic heterocycles. The van der Waals surface area contributed by atoms with E-state index in [0.717, 1.165) is 28.2 Å². The van der Waals surface area contributed by atoms with Crippen molar-refractivity contribution in [1.29, 1.82) is 0 Å². The molecular weight excluding hydrogens is 314 g/mol. The van der Waals surface area contributed by atoms with Gasteiger partial charge in [0.15, 0.2) is 0 Å². The first-order valence-electron chi connectivity index (χ1n) is 7.80. The molecule has 3 nitrogen and oxygen atoms in total. The lowest BCUT2D eigenvalue weighted by molar-refractivity contribution is -0.126. The Kier molecular flexibility index (Phi) is 5.28. The van der Waals surface area contributed by atoms with E-state index in [9.17, 15) is 9.90 Å². The predicted octanol–water partition coefficient (Wildman–Crippen LogP) is 4.09. The first-order chi connectivity index (χ1) is 10.7. The summed E-state index contributed by atoms with van der Waals surface area (Å²) in [5, 5.41) is 17.3. The van der Waals surface area contributed by atoms with Crippen molar-refractivity contribution < 1.29 is 9.90 Å². The molecule has 0 radical (unpaired) electrons. The van der Waals surface area contributed by atoms with Gasteiger partial charge in [0.25, 0.3) is 0 Å². The van der Waals surface area contributed by atoms with Crippen LogP contribution in [0.15, 0.2) is 29.0 Å². The fourth-order valence-electron chi connectivity index (χ4n) is 2.91. The topological polar surface area (TPSA) is 49.3 Å². The fraction of sp³-hybridized carbons (Fsp3) is 0.471. The van der Waals surface area contributed by atoms with Gasteiger partial charge in [-0.3, -0.25) is 4.79 Å². The van der Waals surface area contributed by atoms with Crippen LogP contribution in [0.4, 0.5) is 0 Å². The van der Waals surface area contributed by atoms with Gasteiger partial charge >= 0.3 is 0 Å². The summed E-state index contributed by atoms with van der Waals surface area (Å²) in [7, 11) is 0. The van der Waals surface area contributed by atoms with Crippen LogP contribution in [0, 0.1) is 5.92 Å². The second-order valence-electron chi connectivity index (χ2n) is 5.82. The highest BCUT2D eigenvalue weighted by Gasteiger charge is 2.21. The van der Waals surface area contributed by atoms with E-state index in [-0.39, 0.29) is 11.8 Å². The third kappa shape index (κ3) is 3.77. The zero-order valence-corrected chi connectivity index (χ0v) is 14.1. The van der Waals surface area contributed by atoms with Gasteiger partial charge in [-0.25, -0.2) is 0 Å². The number of hydrogen-bond acceptors (Lipinski definition) is 4. The van der Waals surface area contributed by atoms with Gasteiger partial charge in [0.05, 0.1) is 6.54 Å². The molecule has 118 valence electrons. The van der Waals surface area contributed by atoms with Crippen LogP contribution in [0.25, 0.3) is 0 Å². The Labute approximate surface area is 139 Å². The van der Waals surface area contributed by atoms with Crippen molar-refractivity contribution in [2.75, 3.05) is 0 Å². The molecule has 1 saturated carbocycles. The van der Waals surface area contributed by atoms with E-state index in [2.05, 4.69) is 5.32 Å². The molecule has 0 saturated heterocycles. The van der Waals surface area contributed by atoms with Crippen LogP contribution in [-0.2, 0) is 11.3 Å². The lowest BCUT2D eigenvalue weighted by Crippen LogP contribution is -2.31. The van der Waals surface area contributed by atoms with Crippen LogP contribution in [-0.4, -0.2) is 11.0 Å². The predicted molar refractivity (Wildman–Crippen MR) is 91.1 cm³/mol. The van der Waals surface area contributed by atoms with E-state index in [1.807, 2.05) is 29.0 Å². The van der Waals surface area contributed by atoms with Crippen molar-refractivity contribution in [2.45, 2.75) is 44.8 Å². The Morgan fingerprint density at radius 1 is 1.27 bits per heavy atom. The minimum absolute atomic E-state index is 0.188. The van der Waals surface area contributed by atoms with Crippen molar-refractivity contribution in [3.63, 3.8) is 0 Å². The van der Waals surface area contributed by atoms with E-state index >= 15 is 0 Å². The number of carbonyl (C=O) groups is 1. The number of hydrogen-bond donors (Lipinski definition) is 2. The van der Waals surface area contributed by atoms with Gasteiger partial charge in [-0.2, -0.15) is 11.3 Å². The number of aliphatic hydroxyl groups excluding tert-OH is 1. The van der Waals surface area contributed by atoms with Gasteiger partial charge in [-0.1, -0.05) is 19.3 Å². The Hall–Kier alpha value is -1.17. The summed E-state index contributed by atoms with van der Waals surface area (Å²) in [6.07, 6.45) is 5.11. The Morgan fingerprint density at radius 2 is 2.09 bits per heavy atom. The summed E-state index contributed by atoms with van der Waals surface area (Å²) in [5.74, 6) is 0.387. The van der Waals surface area contributed by atoms with Gasteiger partial charge in [0.2, 0.25) is 5.91 Å². The molecule has 22 heavy (non-hydrogen) atoms. The lowest BCUT2D eigenvalue weighted by Gasteiger charge is -2.20. The molecule has 1 unspecified atom stereocenters. The molecule has 1 atom stereocenters. The summed E-state index contributed by atoms with van der Waals surface area (Å²) in [5.41, 5.74) is 0.935. The standard InChI is InChI=1S/C17H21NO2S2/c19-16(13-8-9-21-11-13)15-7-6-14(22-15)10-18-17(20)12-4-2-1-3-5-12/h6-9,11-12,16,19H,1-5,10H2,(H,18,20). The fourth-order valence-corrected chi connectivity index (χ4v) is 4.56. The average Bonchev–Trinajstić information content (AvgIpc) is 3.24. The highest BCUT2D eigenvalue weighted by atomic mass is 32.1. The minimum Gasteiger partial charge on any atom is -0.383 e. The summed E-state index contributed by atoms with van der Waals surface area (Å²) >= 11 is 3.15. The molecule has 2 heterocycles. The number of thiophene rings is 2. The molecule has 2 aromatic rings. The molecule has 1 fully saturated rings. The molecule has 3 rings (SSSR count). The largest absolute Gasteiger partial charge is 0.383 e. The molecule has 1 aliphatic rings. The molecule has 0 aromatic carbocycles. The third-order valence-corrected chi connectivity index (χ3v) is 6.06. The van der Waals surface area contributed by atoms with E-state index in [0.29, 0.717) is 6.54 Å². The quantitative estimate of drug-likeness (QED) is 0.865. The maximum atomic E-state index is 12.1. The van der Waals surface area contributed by atoms with Crippen LogP contribution in [0.1, 0.15) is 53.5 Å². The minimum atomic E-state index is -0.556. The van der Waals surface area contributed by atoms with Gasteiger partial charge < -0.3 is 10.4 Å². The molecule has 2 N–H and O–H groups in total.